The van der Waals surface area contributed by atoms with Crippen LogP contribution in [0.25, 0.3) is 11.1 Å². The third kappa shape index (κ3) is 2.19. The van der Waals surface area contributed by atoms with Gasteiger partial charge in [-0.15, -0.1) is 0 Å². The molecular formula is C18H19N3. The van der Waals surface area contributed by atoms with Crippen LogP contribution in [0.2, 0.25) is 0 Å². The number of aryl methyl sites for hydroxylation is 1. The number of nitrogens with zero attached hydrogens (tertiary/aromatic N) is 1. The molecule has 0 amide bonds. The molecule has 4 rings (SSSR count). The first-order valence-electron chi connectivity index (χ1n) is 7.51. The highest BCUT2D eigenvalue weighted by Crippen LogP contribution is 2.35. The van der Waals surface area contributed by atoms with Gasteiger partial charge in [0.25, 0.3) is 0 Å². The fourth-order valence-electron chi connectivity index (χ4n) is 3.49. The lowest BCUT2D eigenvalue weighted by molar-refractivity contribution is 0.394. The topological polar surface area (TPSA) is 50.4 Å². The Kier molecular flexibility index (Phi) is 2.74. The highest BCUT2D eigenvalue weighted by atomic mass is 15.2. The number of hydrogen-bond acceptors (Lipinski definition) is 3. The Morgan fingerprint density at radius 1 is 1.00 bits per heavy atom. The van der Waals surface area contributed by atoms with E-state index in [-0.39, 0.29) is 5.54 Å². The molecule has 3 N–H and O–H groups in total. The number of guanidine groups is 1. The van der Waals surface area contributed by atoms with Gasteiger partial charge in [0.2, 0.25) is 0 Å². The standard InChI is InChI=1S/C18H19N3/c19-17-20-12-18(21-17)9-8-14-6-7-15(10-16(14)11-18)13-4-2-1-3-5-13/h1-7,10H,8-9,11-12H2,(H3,19,20,21). The molecule has 0 saturated heterocycles. The van der Waals surface area contributed by atoms with Crippen LogP contribution in [0.5, 0.6) is 0 Å². The summed E-state index contributed by atoms with van der Waals surface area (Å²) < 4.78 is 0. The first-order chi connectivity index (χ1) is 10.2. The molecule has 0 bridgehead atoms. The highest BCUT2D eigenvalue weighted by molar-refractivity contribution is 5.80. The molecule has 1 aliphatic carbocycles. The third-order valence-electron chi connectivity index (χ3n) is 4.65. The fraction of sp³-hybridized carbons (Fsp3) is 0.278. The number of fused-ring (bicyclic) bond motifs is 1. The maximum atomic E-state index is 5.82. The van der Waals surface area contributed by atoms with E-state index in [2.05, 4.69) is 58.8 Å². The SMILES string of the molecule is NC1=NC2(CCc3ccc(-c4ccccc4)cc3C2)CN1. The molecule has 2 aliphatic rings. The first kappa shape index (κ1) is 12.5. The second-order valence-corrected chi connectivity index (χ2v) is 6.10. The summed E-state index contributed by atoms with van der Waals surface area (Å²) in [4.78, 5) is 4.66. The van der Waals surface area contributed by atoms with Gasteiger partial charge >= 0.3 is 0 Å². The lowest BCUT2D eigenvalue weighted by Crippen LogP contribution is -2.38. The van der Waals surface area contributed by atoms with Crippen molar-refractivity contribution in [1.29, 1.82) is 0 Å². The Hall–Kier alpha value is -2.29. The van der Waals surface area contributed by atoms with E-state index >= 15 is 0 Å². The summed E-state index contributed by atoms with van der Waals surface area (Å²) in [6.45, 7) is 0.869. The molecule has 0 aromatic heterocycles. The van der Waals surface area contributed by atoms with Crippen molar-refractivity contribution in [3.05, 3.63) is 59.7 Å². The third-order valence-corrected chi connectivity index (χ3v) is 4.65. The summed E-state index contributed by atoms with van der Waals surface area (Å²) in [6, 6.07) is 17.4. The van der Waals surface area contributed by atoms with E-state index < -0.39 is 0 Å². The van der Waals surface area contributed by atoms with E-state index in [9.17, 15) is 0 Å². The Labute approximate surface area is 124 Å². The maximum absolute atomic E-state index is 5.82. The van der Waals surface area contributed by atoms with Crippen LogP contribution >= 0.6 is 0 Å². The maximum Gasteiger partial charge on any atom is 0.189 e. The monoisotopic (exact) mass is 277 g/mol. The minimum atomic E-state index is -0.0214. The number of aliphatic imine (C=N–C) groups is 1. The van der Waals surface area contributed by atoms with Gasteiger partial charge in [0.1, 0.15) is 0 Å². The summed E-state index contributed by atoms with van der Waals surface area (Å²) in [6.07, 6.45) is 3.15. The lowest BCUT2D eigenvalue weighted by Gasteiger charge is -2.31. The lowest BCUT2D eigenvalue weighted by atomic mass is 9.78. The van der Waals surface area contributed by atoms with Crippen LogP contribution in [0.3, 0.4) is 0 Å². The molecular weight excluding hydrogens is 258 g/mol. The van der Waals surface area contributed by atoms with Gasteiger partial charge in [0, 0.05) is 6.54 Å². The van der Waals surface area contributed by atoms with Gasteiger partial charge in [-0.1, -0.05) is 48.5 Å². The molecule has 1 atom stereocenters. The van der Waals surface area contributed by atoms with Gasteiger partial charge in [-0.3, -0.25) is 0 Å². The number of nitrogens with two attached hydrogens (primary N) is 1. The van der Waals surface area contributed by atoms with Crippen molar-refractivity contribution in [1.82, 2.24) is 5.32 Å². The Morgan fingerprint density at radius 3 is 2.62 bits per heavy atom. The minimum absolute atomic E-state index is 0.0214. The van der Waals surface area contributed by atoms with Crippen molar-refractivity contribution >= 4 is 5.96 Å². The second-order valence-electron chi connectivity index (χ2n) is 6.10. The van der Waals surface area contributed by atoms with Gasteiger partial charge in [-0.25, -0.2) is 4.99 Å². The van der Waals surface area contributed by atoms with Crippen LogP contribution in [0, 0.1) is 0 Å². The quantitative estimate of drug-likeness (QED) is 0.841. The summed E-state index contributed by atoms with van der Waals surface area (Å²) in [7, 11) is 0. The van der Waals surface area contributed by atoms with E-state index in [1.54, 1.807) is 0 Å². The normalized spacial score (nSPS) is 23.5. The number of benzene rings is 2. The predicted octanol–water partition coefficient (Wildman–Crippen LogP) is 2.50. The summed E-state index contributed by atoms with van der Waals surface area (Å²) >= 11 is 0. The molecule has 2 aromatic carbocycles. The Morgan fingerprint density at radius 2 is 1.86 bits per heavy atom. The number of nitrogens with one attached hydrogen (secondary N) is 1. The molecule has 106 valence electrons. The van der Waals surface area contributed by atoms with Crippen LogP contribution in [0.1, 0.15) is 17.5 Å². The molecule has 0 radical (unpaired) electrons. The Balaban J connectivity index is 1.71. The Bertz CT molecular complexity index is 706. The molecule has 1 spiro atoms. The van der Waals surface area contributed by atoms with Gasteiger partial charge in [-0.2, -0.15) is 0 Å². The van der Waals surface area contributed by atoms with Crippen molar-refractivity contribution in [2.45, 2.75) is 24.8 Å². The minimum Gasteiger partial charge on any atom is -0.370 e. The molecule has 3 nitrogen and oxygen atoms in total. The molecule has 1 aliphatic heterocycles. The van der Waals surface area contributed by atoms with E-state index in [1.807, 2.05) is 0 Å². The number of rotatable bonds is 1. The highest BCUT2D eigenvalue weighted by Gasteiger charge is 2.37. The molecule has 21 heavy (non-hydrogen) atoms. The zero-order chi connectivity index (χ0) is 14.3. The molecule has 0 saturated carbocycles. The summed E-state index contributed by atoms with van der Waals surface area (Å²) in [5, 5.41) is 3.18. The van der Waals surface area contributed by atoms with Crippen molar-refractivity contribution in [2.75, 3.05) is 6.54 Å². The van der Waals surface area contributed by atoms with Crippen LogP contribution in [0.4, 0.5) is 0 Å². The van der Waals surface area contributed by atoms with Gasteiger partial charge in [0.05, 0.1) is 5.54 Å². The molecule has 2 aromatic rings. The predicted molar refractivity (Wildman–Crippen MR) is 86.3 cm³/mol. The average Bonchev–Trinajstić information content (AvgIpc) is 2.88. The van der Waals surface area contributed by atoms with E-state index in [4.69, 9.17) is 5.73 Å². The molecule has 1 heterocycles. The van der Waals surface area contributed by atoms with Crippen LogP contribution in [-0.4, -0.2) is 18.0 Å². The second kappa shape index (κ2) is 4.62. The number of hydrogen-bond donors (Lipinski definition) is 2. The largest absolute Gasteiger partial charge is 0.370 e. The average molecular weight is 277 g/mol. The molecule has 3 heteroatoms. The van der Waals surface area contributed by atoms with Gasteiger partial charge < -0.3 is 11.1 Å². The van der Waals surface area contributed by atoms with E-state index in [0.29, 0.717) is 5.96 Å². The van der Waals surface area contributed by atoms with Crippen molar-refractivity contribution in [3.8, 4) is 11.1 Å². The fourth-order valence-corrected chi connectivity index (χ4v) is 3.49. The first-order valence-corrected chi connectivity index (χ1v) is 7.51. The van der Waals surface area contributed by atoms with Crippen LogP contribution < -0.4 is 11.1 Å². The molecule has 1 unspecified atom stereocenters. The summed E-state index contributed by atoms with van der Waals surface area (Å²) in [5.41, 5.74) is 11.2. The summed E-state index contributed by atoms with van der Waals surface area (Å²) in [5.74, 6) is 0.595. The van der Waals surface area contributed by atoms with Crippen LogP contribution in [-0.2, 0) is 12.8 Å². The zero-order valence-corrected chi connectivity index (χ0v) is 12.0. The van der Waals surface area contributed by atoms with E-state index in [1.165, 1.54) is 22.3 Å². The van der Waals surface area contributed by atoms with Crippen LogP contribution in [0.15, 0.2) is 53.5 Å². The zero-order valence-electron chi connectivity index (χ0n) is 12.0. The smallest absolute Gasteiger partial charge is 0.189 e. The van der Waals surface area contributed by atoms with Crippen molar-refractivity contribution in [2.24, 2.45) is 10.7 Å². The van der Waals surface area contributed by atoms with Gasteiger partial charge in [0.15, 0.2) is 5.96 Å². The van der Waals surface area contributed by atoms with E-state index in [0.717, 1.165) is 25.8 Å². The van der Waals surface area contributed by atoms with Crippen molar-refractivity contribution < 1.29 is 0 Å². The molecule has 0 fully saturated rings. The van der Waals surface area contributed by atoms with Gasteiger partial charge in [-0.05, 0) is 41.5 Å². The van der Waals surface area contributed by atoms with Crippen molar-refractivity contribution in [3.63, 3.8) is 0 Å².